The molecule has 1 saturated heterocycles. The number of nitrogens with one attached hydrogen (secondary N) is 6. The van der Waals surface area contributed by atoms with Crippen molar-refractivity contribution >= 4 is 216 Å². The van der Waals surface area contributed by atoms with E-state index in [4.69, 9.17) is 105 Å². The Morgan fingerprint density at radius 1 is 0.393 bits per heavy atom. The Morgan fingerprint density at radius 3 is 0.869 bits per heavy atom. The molecule has 1 rings (SSSR count). The Morgan fingerprint density at radius 2 is 0.634 bits per heavy atom. The summed E-state index contributed by atoms with van der Waals surface area (Å²) in [6, 6.07) is -8.35. The van der Waals surface area contributed by atoms with Gasteiger partial charge in [-0.05, 0) is 184 Å². The van der Waals surface area contributed by atoms with E-state index in [1.807, 2.05) is 5.32 Å². The van der Waals surface area contributed by atoms with Crippen molar-refractivity contribution in [2.45, 2.75) is 372 Å². The number of carbonyl (C=O) groups excluding carboxylic acids is 13. The van der Waals surface area contributed by atoms with Crippen molar-refractivity contribution in [3.63, 3.8) is 0 Å². The van der Waals surface area contributed by atoms with Crippen LogP contribution in [0.2, 0.25) is 18.1 Å². The van der Waals surface area contributed by atoms with Gasteiger partial charge in [-0.2, -0.15) is 0 Å². The molecule has 0 aromatic carbocycles. The Labute approximate surface area is 918 Å². The number of methoxy groups -OCH3 is 3. The number of carbonyl (C=O) groups is 21. The van der Waals surface area contributed by atoms with Gasteiger partial charge >= 0.3 is 221 Å². The van der Waals surface area contributed by atoms with Crippen LogP contribution in [0, 0.1) is 0 Å². The smallest absolute Gasteiger partial charge is 1.00 e. The zero-order valence-electron chi connectivity index (χ0n) is 87.4. The molecule has 61 heteroatoms. The van der Waals surface area contributed by atoms with Gasteiger partial charge < -0.3 is 162 Å². The van der Waals surface area contributed by atoms with E-state index >= 15 is 0 Å². The quantitative estimate of drug-likeness (QED) is 0.0111. The summed E-state index contributed by atoms with van der Waals surface area (Å²) < 4.78 is 66.6. The third-order valence-electron chi connectivity index (χ3n) is 13.6. The first-order chi connectivity index (χ1) is 62.0. The van der Waals surface area contributed by atoms with Gasteiger partial charge in [0.2, 0.25) is 0 Å². The molecular weight excluding hydrogens is 2370 g/mol. The number of aliphatic hydroxyl groups excluding tert-OH is 2. The van der Waals surface area contributed by atoms with Crippen LogP contribution in [-0.4, -0.2) is 329 Å². The van der Waals surface area contributed by atoms with E-state index in [0.29, 0.717) is 0 Å². The molecule has 0 aromatic rings. The van der Waals surface area contributed by atoms with Gasteiger partial charge in [-0.1, -0.05) is 43.1 Å². The predicted octanol–water partition coefficient (Wildman–Crippen LogP) is 7.91. The number of hydrogen-bond acceptors (Lipinski definition) is 39. The monoisotopic (exact) mass is 2530 g/mol. The number of aliphatic hydroxyl groups is 2. The fraction of sp³-hybridized carbons (Fsp3) is 0.750. The second kappa shape index (κ2) is 82.7. The van der Waals surface area contributed by atoms with Crippen LogP contribution in [0.1, 0.15) is 262 Å². The summed E-state index contributed by atoms with van der Waals surface area (Å²) in [6.45, 7) is 50.2. The number of amides is 6. The summed E-state index contributed by atoms with van der Waals surface area (Å²) in [7, 11) is 1.55. The Hall–Kier alpha value is -8.18. The fourth-order valence-corrected chi connectivity index (χ4v) is 8.17. The molecule has 53 nitrogen and oxygen atoms in total. The molecule has 1 aliphatic rings. The zero-order chi connectivity index (χ0) is 112. The second-order valence-corrected chi connectivity index (χ2v) is 77.8. The molecule has 0 saturated carbocycles. The maximum Gasteiger partial charge on any atom is 1.00 e. The maximum atomic E-state index is 11.8. The van der Waals surface area contributed by atoms with Gasteiger partial charge in [-0.3, -0.25) is 47.9 Å². The number of aliphatic carboxylic acids is 8. The van der Waals surface area contributed by atoms with Crippen molar-refractivity contribution in [2.75, 3.05) is 41.2 Å². The third-order valence-corrected chi connectivity index (χ3v) is 18.1. The van der Waals surface area contributed by atoms with E-state index in [1.165, 1.54) is 14.2 Å². The maximum absolute atomic E-state index is 11.8. The molecule has 0 spiro atoms. The predicted molar refractivity (Wildman–Crippen MR) is 547 cm³/mol. The number of nitrogens with two attached hydrogens (primary N) is 2. The Balaban J connectivity index is -0.0000000927. The number of hydrogen-bond donors (Lipinski definition) is 18. The fourth-order valence-electron chi connectivity index (χ4n) is 7.12. The van der Waals surface area contributed by atoms with E-state index in [1.54, 1.807) is 166 Å². The second-order valence-electron chi connectivity index (χ2n) is 37.6. The minimum atomic E-state index is -2.00. The van der Waals surface area contributed by atoms with Gasteiger partial charge in [0.05, 0.1) is 111 Å². The molecule has 6 amide bonds. The summed E-state index contributed by atoms with van der Waals surface area (Å²) in [6.07, 6.45) is -9.48. The van der Waals surface area contributed by atoms with E-state index in [9.17, 15) is 101 Å². The van der Waals surface area contributed by atoms with E-state index in [-0.39, 0.29) is 129 Å². The van der Waals surface area contributed by atoms with E-state index < -0.39 is 254 Å². The van der Waals surface area contributed by atoms with Crippen LogP contribution in [0.25, 0.3) is 0 Å². The van der Waals surface area contributed by atoms with Crippen molar-refractivity contribution in [2.24, 2.45) is 11.5 Å². The molecule has 847 valence electrons. The largest absolute Gasteiger partial charge is 1.00 e. The number of alkyl carbamates (subject to hydrolysis) is 6. The first-order valence-electron chi connectivity index (χ1n) is 41.0. The molecule has 20 N–H and O–H groups in total. The summed E-state index contributed by atoms with van der Waals surface area (Å²) in [5, 5.41) is 98.8. The summed E-state index contributed by atoms with van der Waals surface area (Å²) in [4.78, 5) is 226. The van der Waals surface area contributed by atoms with Crippen LogP contribution in [0.15, 0.2) is 0 Å². The van der Waals surface area contributed by atoms with Crippen molar-refractivity contribution < 1.29 is 254 Å². The van der Waals surface area contributed by atoms with Crippen molar-refractivity contribution in [1.82, 2.24) is 31.9 Å². The number of cyclic esters (lactones) is 2. The Kier molecular flexibility index (Phi) is 96.9. The third kappa shape index (κ3) is 123. The molecule has 1 aliphatic heterocycles. The van der Waals surface area contributed by atoms with Gasteiger partial charge in [-0.25, -0.2) is 52.7 Å². The molecule has 8 atom stereocenters. The minimum Gasteiger partial charge on any atom is 1.00 e. The van der Waals surface area contributed by atoms with Crippen LogP contribution in [0.3, 0.4) is 0 Å². The zero-order valence-corrected chi connectivity index (χ0v) is 98.1. The SMILES string of the molecule is C.C.C.CC(C)(C)OC(=O)NC(CC(=O)O)C(=O)O.CC(C)(C)OC(=O)NC(CO)CC(=O)O.CC(C)(C)OC(=O)NC(CO[Si](C)(C)C(C)(C)C)CC(=O)O.CC(C)(C)OC(=O)NC1CC(=O)OC1=O.CC(C)(C)OC(=O)OC(=O)OC(C)(C)C.COC(=O)CC(CO)NC(=O)OC(C)(C)C.COC(=O)CC(N)C(=O)O.COC(=O)CC(NC(=O)OC(C)(C)C)C(=O)O.Cl.NC(CC(=O)O)C(=O)O.[B].[H-].[I][V]([I])[I].[Na+]. The molecule has 3 radical (unpaired) electrons. The summed E-state index contributed by atoms with van der Waals surface area (Å²) in [5.74, 6) is -13.1. The molecule has 1 fully saturated rings. The first-order valence-corrected chi connectivity index (χ1v) is 57.5. The van der Waals surface area contributed by atoms with Gasteiger partial charge in [0, 0.05) is 8.41 Å². The van der Waals surface area contributed by atoms with Gasteiger partial charge in [0.25, 0.3) is 0 Å². The number of carboxylic acids is 8. The minimum absolute atomic E-state index is 0. The topological polar surface area (TPSA) is 814 Å². The molecule has 0 aromatic heterocycles. The van der Waals surface area contributed by atoms with Crippen molar-refractivity contribution in [1.29, 1.82) is 0 Å². The normalized spacial score (nSPS) is 13.1. The Bertz CT molecular complexity index is 3900. The van der Waals surface area contributed by atoms with Crippen LogP contribution < -0.4 is 72.9 Å². The van der Waals surface area contributed by atoms with Crippen LogP contribution in [-0.2, 0) is 133 Å². The number of halogens is 4. The molecule has 0 bridgehead atoms. The number of ether oxygens (including phenoxy) is 13. The summed E-state index contributed by atoms with van der Waals surface area (Å²) in [5.41, 5.74) is 4.40. The number of carboxylic acid groups (broad SMARTS) is 8. The standard InChI is InChI=1S/C15H31NO5Si.C10H17NO6.C10H19NO5.C10H18O5.C9H15NO6.C9H13NO5.C9H17NO5.C5H9NO4.C4H7NO4.3CH4.B.ClH.3HI.Na.V.H/c1-14(2,3)21-13(19)16-11(9-12(17)18)10-20-22(7,8)15(4,5)6;1-10(2,3)17-9(15)11-6(8(13)14)5-7(12)16-4;1-10(2,3)16-9(14)11-7(6-12)5-8(13)15-4;1-9(2,3)14-7(11)13-8(12)15-10(4,5)6;1-9(2,3)16-8(15)10-5(7(13)14)4-6(11)12;1-9(2,3)15-8(13)10-5-4-6(11)14-7(5)12;1-9(2,3)15-8(14)10-6(5-11)4-7(12)13;1-10-4(7)2-3(6)5(8)9;5-2(4(8)9)1-3(6)7;;;;;;;;;;;/h11H,9-10H2,1-8H3,(H,16,19)(H,17,18);6H,5H2,1-4H3,(H,11,15)(H,13,14);7,12H,5-6H2,1-4H3,(H,11,14);1-6H3;5H,4H2,1-3H3,(H,10,15)(H,11,12)(H,13,14);5H,4H2,1-3H3,(H,10,13);6,11H,4-5H2,1-3H3,(H,10,14)(H,12,13);3H,2,6H2,1H3,(H,8,9);2H,1,5H2,(H,6,7)(H,8,9);3*1H4;;4*1H;;;/q;;;;;;;;;;;;;;;;;+1;+3;-1/p-3. The van der Waals surface area contributed by atoms with Crippen molar-refractivity contribution in [3.05, 3.63) is 0 Å². The van der Waals surface area contributed by atoms with E-state index in [0.717, 1.165) is 7.11 Å². The van der Waals surface area contributed by atoms with Crippen LogP contribution in [0.4, 0.5) is 38.4 Å². The van der Waals surface area contributed by atoms with Gasteiger partial charge in [0.15, 0.2) is 8.32 Å². The van der Waals surface area contributed by atoms with Crippen molar-refractivity contribution in [3.8, 4) is 0 Å². The number of rotatable bonds is 29. The molecule has 1 heterocycles. The molecule has 145 heavy (non-hydrogen) atoms. The average molecular weight is 2530 g/mol. The molecule has 0 aliphatic carbocycles. The van der Waals surface area contributed by atoms with Gasteiger partial charge in [-0.15, -0.1) is 12.4 Å². The number of esters is 5. The van der Waals surface area contributed by atoms with Crippen LogP contribution >= 0.6 is 72.3 Å². The van der Waals surface area contributed by atoms with Crippen LogP contribution in [0.5, 0.6) is 0 Å². The molecular formula is C84H160BClI3N8NaO45SiV. The van der Waals surface area contributed by atoms with E-state index in [2.05, 4.69) is 144 Å². The molecule has 8 unspecified atom stereocenters. The summed E-state index contributed by atoms with van der Waals surface area (Å²) >= 11 is 7.39. The average Bonchev–Trinajstić information content (AvgIpc) is 1.05. The first kappa shape index (κ1) is 170. The van der Waals surface area contributed by atoms with Gasteiger partial charge in [0.1, 0.15) is 75.0 Å².